The molecule has 1 N–H and O–H groups in total. The van der Waals surface area contributed by atoms with E-state index in [1.165, 1.54) is 10.7 Å². The van der Waals surface area contributed by atoms with Crippen molar-refractivity contribution < 1.29 is 18.0 Å². The molecule has 1 aromatic carbocycles. The molecule has 0 aliphatic carbocycles. The zero-order chi connectivity index (χ0) is 13.3. The molecule has 7 heteroatoms. The molecule has 0 atom stereocenters. The molecular formula is C11H8F3N3O. The van der Waals surface area contributed by atoms with Crippen molar-refractivity contribution in [2.24, 2.45) is 7.05 Å². The average Bonchev–Trinajstić information content (AvgIpc) is 2.71. The molecule has 0 spiro atoms. The van der Waals surface area contributed by atoms with E-state index in [0.29, 0.717) is 12.1 Å². The molecule has 0 saturated carbocycles. The van der Waals surface area contributed by atoms with Gasteiger partial charge in [-0.3, -0.25) is 9.48 Å². The van der Waals surface area contributed by atoms with E-state index in [-0.39, 0.29) is 11.4 Å². The van der Waals surface area contributed by atoms with Gasteiger partial charge in [-0.1, -0.05) is 0 Å². The van der Waals surface area contributed by atoms with E-state index in [4.69, 9.17) is 0 Å². The number of amides is 1. The number of aromatic nitrogens is 2. The summed E-state index contributed by atoms with van der Waals surface area (Å²) in [6, 6.07) is 2.75. The SMILES string of the molecule is Cn1ccc(NC(=O)c2cc(F)c(F)c(F)c2)n1. The molecule has 0 aliphatic heterocycles. The van der Waals surface area contributed by atoms with Gasteiger partial charge in [-0.25, -0.2) is 13.2 Å². The van der Waals surface area contributed by atoms with Crippen LogP contribution in [0.3, 0.4) is 0 Å². The molecule has 0 saturated heterocycles. The Kier molecular flexibility index (Phi) is 3.05. The predicted octanol–water partition coefficient (Wildman–Crippen LogP) is 2.09. The maximum atomic E-state index is 12.9. The molecule has 0 radical (unpaired) electrons. The Bertz CT molecular complexity index is 586. The fourth-order valence-electron chi connectivity index (χ4n) is 1.36. The highest BCUT2D eigenvalue weighted by atomic mass is 19.2. The van der Waals surface area contributed by atoms with Gasteiger partial charge in [0, 0.05) is 24.9 Å². The van der Waals surface area contributed by atoms with Gasteiger partial charge in [0.25, 0.3) is 5.91 Å². The summed E-state index contributed by atoms with van der Waals surface area (Å²) in [5.41, 5.74) is -0.322. The van der Waals surface area contributed by atoms with Crippen molar-refractivity contribution >= 4 is 11.7 Å². The van der Waals surface area contributed by atoms with Crippen LogP contribution >= 0.6 is 0 Å². The Balaban J connectivity index is 2.24. The van der Waals surface area contributed by atoms with Crippen molar-refractivity contribution in [3.05, 3.63) is 47.4 Å². The molecule has 0 fully saturated rings. The standard InChI is InChI=1S/C11H8F3N3O/c1-17-3-2-9(16-17)15-11(18)6-4-7(12)10(14)8(13)5-6/h2-5H,1H3,(H,15,16,18). The van der Waals surface area contributed by atoms with E-state index in [9.17, 15) is 18.0 Å². The zero-order valence-corrected chi connectivity index (χ0v) is 9.25. The maximum Gasteiger partial charge on any atom is 0.257 e. The van der Waals surface area contributed by atoms with Gasteiger partial charge < -0.3 is 5.32 Å². The molecule has 0 aliphatic rings. The minimum Gasteiger partial charge on any atom is -0.305 e. The quantitative estimate of drug-likeness (QED) is 0.835. The van der Waals surface area contributed by atoms with E-state index in [1.807, 2.05) is 0 Å². The molecular weight excluding hydrogens is 247 g/mol. The predicted molar refractivity (Wildman–Crippen MR) is 57.5 cm³/mol. The van der Waals surface area contributed by atoms with E-state index in [1.54, 1.807) is 13.2 Å². The summed E-state index contributed by atoms with van der Waals surface area (Å²) in [4.78, 5) is 11.6. The fraction of sp³-hybridized carbons (Fsp3) is 0.0909. The Morgan fingerprint density at radius 3 is 2.39 bits per heavy atom. The lowest BCUT2D eigenvalue weighted by Crippen LogP contribution is -2.13. The number of carbonyl (C=O) groups is 1. The van der Waals surface area contributed by atoms with Crippen molar-refractivity contribution in [1.29, 1.82) is 0 Å². The molecule has 1 amide bonds. The minimum absolute atomic E-state index is 0.229. The highest BCUT2D eigenvalue weighted by Crippen LogP contribution is 2.14. The molecule has 0 bridgehead atoms. The lowest BCUT2D eigenvalue weighted by atomic mass is 10.2. The van der Waals surface area contributed by atoms with Crippen LogP contribution in [-0.4, -0.2) is 15.7 Å². The number of anilines is 1. The van der Waals surface area contributed by atoms with E-state index >= 15 is 0 Å². The normalized spacial score (nSPS) is 10.4. The molecule has 1 heterocycles. The summed E-state index contributed by atoms with van der Waals surface area (Å²) in [5, 5.41) is 6.19. The second-order valence-electron chi connectivity index (χ2n) is 3.58. The van der Waals surface area contributed by atoms with Crippen LogP contribution in [0.5, 0.6) is 0 Å². The number of nitrogens with zero attached hydrogens (tertiary/aromatic N) is 2. The van der Waals surface area contributed by atoms with Crippen LogP contribution in [0.4, 0.5) is 19.0 Å². The largest absolute Gasteiger partial charge is 0.305 e. The number of hydrogen-bond donors (Lipinski definition) is 1. The minimum atomic E-state index is -1.61. The van der Waals surface area contributed by atoms with Gasteiger partial charge in [0.15, 0.2) is 23.3 Å². The van der Waals surface area contributed by atoms with Gasteiger partial charge in [0.2, 0.25) is 0 Å². The topological polar surface area (TPSA) is 46.9 Å². The van der Waals surface area contributed by atoms with E-state index < -0.39 is 23.4 Å². The first kappa shape index (κ1) is 12.2. The smallest absolute Gasteiger partial charge is 0.257 e. The van der Waals surface area contributed by atoms with Crippen molar-refractivity contribution in [1.82, 2.24) is 9.78 Å². The number of halogens is 3. The molecule has 4 nitrogen and oxygen atoms in total. The highest BCUT2D eigenvalue weighted by molar-refractivity contribution is 6.03. The highest BCUT2D eigenvalue weighted by Gasteiger charge is 2.15. The third-order valence-electron chi connectivity index (χ3n) is 2.20. The van der Waals surface area contributed by atoms with Crippen LogP contribution in [0.2, 0.25) is 0 Å². The van der Waals surface area contributed by atoms with Crippen LogP contribution in [0, 0.1) is 17.5 Å². The van der Waals surface area contributed by atoms with Gasteiger partial charge in [0.1, 0.15) is 0 Å². The summed E-state index contributed by atoms with van der Waals surface area (Å²) in [5.74, 6) is -4.98. The first-order valence-corrected chi connectivity index (χ1v) is 4.93. The Labute approximate surface area is 100 Å². The summed E-state index contributed by atoms with van der Waals surface area (Å²) >= 11 is 0. The molecule has 1 aromatic heterocycles. The third-order valence-corrected chi connectivity index (χ3v) is 2.20. The Morgan fingerprint density at radius 2 is 1.89 bits per heavy atom. The Hall–Kier alpha value is -2.31. The summed E-state index contributed by atoms with van der Waals surface area (Å²) in [6.45, 7) is 0. The van der Waals surface area contributed by atoms with Crippen molar-refractivity contribution in [2.75, 3.05) is 5.32 Å². The van der Waals surface area contributed by atoms with Crippen LogP contribution in [0.1, 0.15) is 10.4 Å². The maximum absolute atomic E-state index is 12.9. The number of aryl methyl sites for hydroxylation is 1. The summed E-state index contributed by atoms with van der Waals surface area (Å²) in [6.07, 6.45) is 1.58. The zero-order valence-electron chi connectivity index (χ0n) is 9.25. The molecule has 2 rings (SSSR count). The number of rotatable bonds is 2. The number of benzene rings is 1. The van der Waals surface area contributed by atoms with E-state index in [0.717, 1.165) is 0 Å². The van der Waals surface area contributed by atoms with Crippen LogP contribution in [0.25, 0.3) is 0 Å². The molecule has 18 heavy (non-hydrogen) atoms. The van der Waals surface area contributed by atoms with Crippen LogP contribution in [-0.2, 0) is 7.05 Å². The van der Waals surface area contributed by atoms with Gasteiger partial charge in [-0.05, 0) is 12.1 Å². The summed E-state index contributed by atoms with van der Waals surface area (Å²) in [7, 11) is 1.65. The molecule has 2 aromatic rings. The average molecular weight is 255 g/mol. The first-order valence-electron chi connectivity index (χ1n) is 4.93. The number of nitrogens with one attached hydrogen (secondary N) is 1. The molecule has 94 valence electrons. The number of hydrogen-bond acceptors (Lipinski definition) is 2. The Morgan fingerprint density at radius 1 is 1.28 bits per heavy atom. The second kappa shape index (κ2) is 4.52. The lowest BCUT2D eigenvalue weighted by Gasteiger charge is -2.03. The monoisotopic (exact) mass is 255 g/mol. The van der Waals surface area contributed by atoms with Gasteiger partial charge >= 0.3 is 0 Å². The van der Waals surface area contributed by atoms with Crippen LogP contribution < -0.4 is 5.32 Å². The van der Waals surface area contributed by atoms with Crippen molar-refractivity contribution in [3.63, 3.8) is 0 Å². The van der Waals surface area contributed by atoms with E-state index in [2.05, 4.69) is 10.4 Å². The second-order valence-corrected chi connectivity index (χ2v) is 3.58. The van der Waals surface area contributed by atoms with Gasteiger partial charge in [-0.2, -0.15) is 5.10 Å². The van der Waals surface area contributed by atoms with Gasteiger partial charge in [-0.15, -0.1) is 0 Å². The van der Waals surface area contributed by atoms with Crippen LogP contribution in [0.15, 0.2) is 24.4 Å². The van der Waals surface area contributed by atoms with Gasteiger partial charge in [0.05, 0.1) is 0 Å². The lowest BCUT2D eigenvalue weighted by molar-refractivity contribution is 0.102. The van der Waals surface area contributed by atoms with Crippen molar-refractivity contribution in [3.8, 4) is 0 Å². The third kappa shape index (κ3) is 2.34. The summed E-state index contributed by atoms with van der Waals surface area (Å²) < 4.78 is 40.0. The molecule has 0 unspecified atom stereocenters. The van der Waals surface area contributed by atoms with Crippen molar-refractivity contribution in [2.45, 2.75) is 0 Å². The number of carbonyl (C=O) groups excluding carboxylic acids is 1. The first-order chi connectivity index (χ1) is 8.47. The fourth-order valence-corrected chi connectivity index (χ4v) is 1.36.